The Morgan fingerprint density at radius 3 is 2.57 bits per heavy atom. The van der Waals surface area contributed by atoms with E-state index in [1.54, 1.807) is 6.07 Å². The molecule has 0 saturated heterocycles. The van der Waals surface area contributed by atoms with Crippen LogP contribution in [-0.2, 0) is 4.79 Å². The van der Waals surface area contributed by atoms with Crippen LogP contribution in [0, 0.1) is 6.92 Å². The first-order chi connectivity index (χ1) is 6.52. The topological polar surface area (TPSA) is 89.3 Å². The van der Waals surface area contributed by atoms with Gasteiger partial charge in [0.1, 0.15) is 6.04 Å². The minimum Gasteiger partial charge on any atom is -0.480 e. The number of hydrogen-bond donors (Lipinski definition) is 3. The molecule has 2 atom stereocenters. The number of carboxylic acid groups (broad SMARTS) is 1. The molecule has 76 valence electrons. The van der Waals surface area contributed by atoms with Gasteiger partial charge in [-0.15, -0.1) is 0 Å². The SMILES string of the molecule is Cc1cccc(C(N)C(N)C(=O)O)c1. The number of carbonyl (C=O) groups is 1. The van der Waals surface area contributed by atoms with Gasteiger partial charge in [-0.3, -0.25) is 4.79 Å². The van der Waals surface area contributed by atoms with Gasteiger partial charge in [0, 0.05) is 0 Å². The van der Waals surface area contributed by atoms with Gasteiger partial charge in [0.05, 0.1) is 6.04 Å². The van der Waals surface area contributed by atoms with Crippen molar-refractivity contribution in [3.05, 3.63) is 35.4 Å². The summed E-state index contributed by atoms with van der Waals surface area (Å²) < 4.78 is 0. The molecule has 1 aromatic rings. The van der Waals surface area contributed by atoms with Crippen LogP contribution in [0.5, 0.6) is 0 Å². The first-order valence-electron chi connectivity index (χ1n) is 4.33. The van der Waals surface area contributed by atoms with Crippen LogP contribution in [0.2, 0.25) is 0 Å². The van der Waals surface area contributed by atoms with Crippen molar-refractivity contribution >= 4 is 5.97 Å². The lowest BCUT2D eigenvalue weighted by Gasteiger charge is -2.16. The average molecular weight is 194 g/mol. The highest BCUT2D eigenvalue weighted by Gasteiger charge is 2.21. The molecule has 0 aromatic heterocycles. The van der Waals surface area contributed by atoms with Crippen LogP contribution in [0.15, 0.2) is 24.3 Å². The predicted octanol–water partition coefficient (Wildman–Crippen LogP) is 0.407. The Morgan fingerprint density at radius 1 is 1.43 bits per heavy atom. The van der Waals surface area contributed by atoms with E-state index in [9.17, 15) is 4.79 Å². The number of benzene rings is 1. The molecule has 1 aromatic carbocycles. The quantitative estimate of drug-likeness (QED) is 0.650. The molecule has 1 rings (SSSR count). The first-order valence-corrected chi connectivity index (χ1v) is 4.33. The summed E-state index contributed by atoms with van der Waals surface area (Å²) >= 11 is 0. The minimum absolute atomic E-state index is 0.660. The van der Waals surface area contributed by atoms with Gasteiger partial charge in [0.25, 0.3) is 0 Å². The van der Waals surface area contributed by atoms with E-state index in [-0.39, 0.29) is 0 Å². The second kappa shape index (κ2) is 4.21. The highest BCUT2D eigenvalue weighted by molar-refractivity contribution is 5.74. The van der Waals surface area contributed by atoms with Crippen molar-refractivity contribution < 1.29 is 9.90 Å². The first kappa shape index (κ1) is 10.7. The molecule has 4 heteroatoms. The maximum atomic E-state index is 10.6. The smallest absolute Gasteiger partial charge is 0.322 e. The number of nitrogens with two attached hydrogens (primary N) is 2. The second-order valence-electron chi connectivity index (χ2n) is 3.30. The molecule has 0 bridgehead atoms. The van der Waals surface area contributed by atoms with Gasteiger partial charge in [0.2, 0.25) is 0 Å². The molecular weight excluding hydrogens is 180 g/mol. The van der Waals surface area contributed by atoms with Gasteiger partial charge >= 0.3 is 5.97 Å². The average Bonchev–Trinajstić information content (AvgIpc) is 2.15. The monoisotopic (exact) mass is 194 g/mol. The Labute approximate surface area is 82.5 Å². The van der Waals surface area contributed by atoms with Crippen LogP contribution in [-0.4, -0.2) is 17.1 Å². The molecule has 2 unspecified atom stereocenters. The highest BCUT2D eigenvalue weighted by atomic mass is 16.4. The van der Waals surface area contributed by atoms with Gasteiger partial charge < -0.3 is 16.6 Å². The van der Waals surface area contributed by atoms with Crippen molar-refractivity contribution in [3.63, 3.8) is 0 Å². The van der Waals surface area contributed by atoms with E-state index in [4.69, 9.17) is 16.6 Å². The lowest BCUT2D eigenvalue weighted by Crippen LogP contribution is -2.40. The summed E-state index contributed by atoms with van der Waals surface area (Å²) in [6, 6.07) is 5.65. The Morgan fingerprint density at radius 2 is 2.07 bits per heavy atom. The van der Waals surface area contributed by atoms with Crippen LogP contribution >= 0.6 is 0 Å². The maximum Gasteiger partial charge on any atom is 0.322 e. The summed E-state index contributed by atoms with van der Waals surface area (Å²) in [6.45, 7) is 1.92. The molecule has 14 heavy (non-hydrogen) atoms. The van der Waals surface area contributed by atoms with E-state index in [2.05, 4.69) is 0 Å². The van der Waals surface area contributed by atoms with E-state index in [0.29, 0.717) is 0 Å². The Balaban J connectivity index is 2.89. The molecule has 0 heterocycles. The fourth-order valence-electron chi connectivity index (χ4n) is 1.24. The molecular formula is C10H14N2O2. The zero-order chi connectivity index (χ0) is 10.7. The number of rotatable bonds is 3. The van der Waals surface area contributed by atoms with Crippen LogP contribution in [0.1, 0.15) is 17.2 Å². The molecule has 0 amide bonds. The third-order valence-electron chi connectivity index (χ3n) is 2.10. The normalized spacial score (nSPS) is 14.8. The zero-order valence-corrected chi connectivity index (χ0v) is 7.97. The third kappa shape index (κ3) is 2.31. The predicted molar refractivity (Wildman–Crippen MR) is 53.7 cm³/mol. The fourth-order valence-corrected chi connectivity index (χ4v) is 1.24. The van der Waals surface area contributed by atoms with Crippen LogP contribution in [0.3, 0.4) is 0 Å². The van der Waals surface area contributed by atoms with Crippen molar-refractivity contribution in [3.8, 4) is 0 Å². The largest absolute Gasteiger partial charge is 0.480 e. The van der Waals surface area contributed by atoms with Crippen molar-refractivity contribution in [2.24, 2.45) is 11.5 Å². The third-order valence-corrected chi connectivity index (χ3v) is 2.10. The van der Waals surface area contributed by atoms with E-state index in [1.807, 2.05) is 25.1 Å². The van der Waals surface area contributed by atoms with Crippen LogP contribution < -0.4 is 11.5 Å². The summed E-state index contributed by atoms with van der Waals surface area (Å²) in [7, 11) is 0. The van der Waals surface area contributed by atoms with E-state index >= 15 is 0 Å². The second-order valence-corrected chi connectivity index (χ2v) is 3.30. The van der Waals surface area contributed by atoms with E-state index in [0.717, 1.165) is 11.1 Å². The highest BCUT2D eigenvalue weighted by Crippen LogP contribution is 2.14. The van der Waals surface area contributed by atoms with E-state index in [1.165, 1.54) is 0 Å². The number of carboxylic acids is 1. The molecule has 5 N–H and O–H groups in total. The van der Waals surface area contributed by atoms with Crippen molar-refractivity contribution in [1.82, 2.24) is 0 Å². The Kier molecular flexibility index (Phi) is 3.22. The fraction of sp³-hybridized carbons (Fsp3) is 0.300. The van der Waals surface area contributed by atoms with Crippen LogP contribution in [0.4, 0.5) is 0 Å². The number of hydrogen-bond acceptors (Lipinski definition) is 3. The Hall–Kier alpha value is -1.39. The van der Waals surface area contributed by atoms with Crippen molar-refractivity contribution in [2.45, 2.75) is 19.0 Å². The molecule has 0 saturated carbocycles. The van der Waals surface area contributed by atoms with Crippen molar-refractivity contribution in [2.75, 3.05) is 0 Å². The number of aliphatic carboxylic acids is 1. The molecule has 0 aliphatic carbocycles. The Bertz CT molecular complexity index is 339. The lowest BCUT2D eigenvalue weighted by atomic mass is 9.99. The van der Waals surface area contributed by atoms with Gasteiger partial charge in [-0.05, 0) is 12.5 Å². The van der Waals surface area contributed by atoms with E-state index < -0.39 is 18.1 Å². The van der Waals surface area contributed by atoms with Crippen molar-refractivity contribution in [1.29, 1.82) is 0 Å². The molecule has 0 spiro atoms. The number of aryl methyl sites for hydroxylation is 1. The zero-order valence-electron chi connectivity index (χ0n) is 7.97. The lowest BCUT2D eigenvalue weighted by molar-refractivity contribution is -0.139. The molecule has 4 nitrogen and oxygen atoms in total. The summed E-state index contributed by atoms with van der Waals surface area (Å²) in [6.07, 6.45) is 0. The van der Waals surface area contributed by atoms with Gasteiger partial charge in [-0.1, -0.05) is 29.8 Å². The summed E-state index contributed by atoms with van der Waals surface area (Å²) in [5.74, 6) is -1.08. The molecule has 0 radical (unpaired) electrons. The van der Waals surface area contributed by atoms with Gasteiger partial charge in [-0.25, -0.2) is 0 Å². The molecule has 0 fully saturated rings. The van der Waals surface area contributed by atoms with Gasteiger partial charge in [0.15, 0.2) is 0 Å². The summed E-state index contributed by atoms with van der Waals surface area (Å²) in [4.78, 5) is 10.6. The van der Waals surface area contributed by atoms with Gasteiger partial charge in [-0.2, -0.15) is 0 Å². The molecule has 0 aliphatic rings. The maximum absolute atomic E-state index is 10.6. The minimum atomic E-state index is -1.08. The standard InChI is InChI=1S/C10H14N2O2/c1-6-3-2-4-7(5-6)8(11)9(12)10(13)14/h2-5,8-9H,11-12H2,1H3,(H,13,14). The van der Waals surface area contributed by atoms with Crippen LogP contribution in [0.25, 0.3) is 0 Å². The molecule has 0 aliphatic heterocycles. The summed E-state index contributed by atoms with van der Waals surface area (Å²) in [5, 5.41) is 8.68. The summed E-state index contributed by atoms with van der Waals surface area (Å²) in [5.41, 5.74) is 12.9.